The van der Waals surface area contributed by atoms with Crippen molar-refractivity contribution in [1.29, 1.82) is 0 Å². The lowest BCUT2D eigenvalue weighted by Crippen LogP contribution is -2.03. The highest BCUT2D eigenvalue weighted by atomic mass is 35.5. The number of aryl methyl sites for hydroxylation is 1. The first kappa shape index (κ1) is 11.7. The van der Waals surface area contributed by atoms with E-state index in [4.69, 9.17) is 11.6 Å². The van der Waals surface area contributed by atoms with Gasteiger partial charge in [-0.1, -0.05) is 23.0 Å². The molecule has 84 valence electrons. The van der Waals surface area contributed by atoms with Crippen molar-refractivity contribution < 1.29 is 4.79 Å². The zero-order chi connectivity index (χ0) is 11.5. The van der Waals surface area contributed by atoms with E-state index in [9.17, 15) is 4.79 Å². The maximum atomic E-state index is 12.0. The quantitative estimate of drug-likeness (QED) is 0.803. The predicted octanol–water partition coefficient (Wildman–Crippen LogP) is 3.24. The molecule has 0 aliphatic heterocycles. The number of ketones is 1. The Morgan fingerprint density at radius 1 is 1.50 bits per heavy atom. The highest BCUT2D eigenvalue weighted by Gasteiger charge is 2.16. The molecule has 0 spiro atoms. The summed E-state index contributed by atoms with van der Waals surface area (Å²) in [5, 5.41) is 3.93. The van der Waals surface area contributed by atoms with Gasteiger partial charge in [-0.2, -0.15) is 0 Å². The van der Waals surface area contributed by atoms with Crippen LogP contribution in [0.2, 0.25) is 4.34 Å². The van der Waals surface area contributed by atoms with E-state index < -0.39 is 0 Å². The lowest BCUT2D eigenvalue weighted by molar-refractivity contribution is 0.0996. The van der Waals surface area contributed by atoms with Crippen LogP contribution in [-0.4, -0.2) is 15.4 Å². The van der Waals surface area contributed by atoms with Crippen LogP contribution in [0.4, 0.5) is 0 Å². The molecule has 0 aliphatic carbocycles. The summed E-state index contributed by atoms with van der Waals surface area (Å²) in [6.45, 7) is 1.97. The molecule has 0 saturated heterocycles. The average Bonchev–Trinajstić information content (AvgIpc) is 2.86. The molecule has 0 saturated carbocycles. The highest BCUT2D eigenvalue weighted by molar-refractivity contribution is 7.16. The van der Waals surface area contributed by atoms with Crippen molar-refractivity contribution in [3.05, 3.63) is 31.9 Å². The molecule has 0 N–H and O–H groups in total. The summed E-state index contributed by atoms with van der Waals surface area (Å²) in [7, 11) is 0. The minimum absolute atomic E-state index is 0.0744. The minimum Gasteiger partial charge on any atom is -0.293 e. The molecule has 6 heteroatoms. The van der Waals surface area contributed by atoms with Crippen molar-refractivity contribution in [2.75, 3.05) is 0 Å². The molecule has 3 nitrogen and oxygen atoms in total. The highest BCUT2D eigenvalue weighted by Crippen LogP contribution is 2.23. The van der Waals surface area contributed by atoms with Crippen LogP contribution < -0.4 is 0 Å². The zero-order valence-electron chi connectivity index (χ0n) is 8.57. The summed E-state index contributed by atoms with van der Waals surface area (Å²) < 4.78 is 4.52. The van der Waals surface area contributed by atoms with Gasteiger partial charge < -0.3 is 0 Å². The predicted molar refractivity (Wildman–Crippen MR) is 66.7 cm³/mol. The molecule has 0 radical (unpaired) electrons. The van der Waals surface area contributed by atoms with Gasteiger partial charge in [-0.25, -0.2) is 0 Å². The molecule has 16 heavy (non-hydrogen) atoms. The van der Waals surface area contributed by atoms with Gasteiger partial charge in [0.05, 0.1) is 10.0 Å². The Bertz CT molecular complexity index is 506. The fraction of sp³-hybridized carbons (Fsp3) is 0.300. The Morgan fingerprint density at radius 2 is 2.31 bits per heavy atom. The number of nitrogens with zero attached hydrogens (tertiary/aromatic N) is 2. The number of rotatable bonds is 4. The molecular weight excluding hydrogens is 264 g/mol. The van der Waals surface area contributed by atoms with E-state index in [0.717, 1.165) is 17.0 Å². The minimum atomic E-state index is 0.0744. The van der Waals surface area contributed by atoms with Crippen LogP contribution in [0.25, 0.3) is 0 Å². The second kappa shape index (κ2) is 5.03. The van der Waals surface area contributed by atoms with Crippen molar-refractivity contribution in [1.82, 2.24) is 9.59 Å². The average molecular weight is 273 g/mol. The first-order valence-corrected chi connectivity index (χ1v) is 6.76. The van der Waals surface area contributed by atoms with Gasteiger partial charge in [0.1, 0.15) is 4.88 Å². The second-order valence-corrected chi connectivity index (χ2v) is 5.76. The summed E-state index contributed by atoms with van der Waals surface area (Å²) >= 11 is 8.42. The van der Waals surface area contributed by atoms with Crippen LogP contribution in [0.5, 0.6) is 0 Å². The summed E-state index contributed by atoms with van der Waals surface area (Å²) in [5.74, 6) is 0.0744. The van der Waals surface area contributed by atoms with Crippen molar-refractivity contribution in [2.45, 2.75) is 19.8 Å². The molecule has 0 bridgehead atoms. The topological polar surface area (TPSA) is 42.9 Å². The van der Waals surface area contributed by atoms with E-state index in [1.54, 1.807) is 6.07 Å². The Labute approximate surface area is 106 Å². The molecule has 2 rings (SSSR count). The van der Waals surface area contributed by atoms with Crippen molar-refractivity contribution in [3.8, 4) is 0 Å². The molecule has 2 heterocycles. The Morgan fingerprint density at radius 3 is 2.94 bits per heavy atom. The van der Waals surface area contributed by atoms with Crippen LogP contribution in [0.15, 0.2) is 12.1 Å². The smallest absolute Gasteiger partial charge is 0.181 e. The number of hydrogen-bond donors (Lipinski definition) is 0. The largest absolute Gasteiger partial charge is 0.293 e. The summed E-state index contributed by atoms with van der Waals surface area (Å²) in [4.78, 5) is 13.6. The van der Waals surface area contributed by atoms with Crippen LogP contribution in [0, 0.1) is 0 Å². The Hall–Kier alpha value is -0.780. The third-order valence-corrected chi connectivity index (χ3v) is 4.15. The standard InChI is InChI=1S/C10H9ClN2OS2/c1-2-7-10(16-13-12-7)8(14)5-6-3-4-9(11)15-6/h3-4H,2,5H2,1H3. The van der Waals surface area contributed by atoms with E-state index in [-0.39, 0.29) is 5.78 Å². The molecular formula is C10H9ClN2OS2. The molecule has 0 aliphatic rings. The van der Waals surface area contributed by atoms with E-state index >= 15 is 0 Å². The molecule has 2 aromatic rings. The zero-order valence-corrected chi connectivity index (χ0v) is 11.0. The van der Waals surface area contributed by atoms with Gasteiger partial charge in [-0.05, 0) is 30.1 Å². The fourth-order valence-electron chi connectivity index (χ4n) is 1.34. The number of halogens is 1. The lowest BCUT2D eigenvalue weighted by atomic mass is 10.1. The van der Waals surface area contributed by atoms with E-state index in [1.807, 2.05) is 13.0 Å². The summed E-state index contributed by atoms with van der Waals surface area (Å²) in [6.07, 6.45) is 1.12. The molecule has 2 aromatic heterocycles. The first-order valence-electron chi connectivity index (χ1n) is 4.79. The number of carbonyl (C=O) groups excluding carboxylic acids is 1. The van der Waals surface area contributed by atoms with Gasteiger partial charge in [0, 0.05) is 11.3 Å². The normalized spacial score (nSPS) is 10.6. The van der Waals surface area contributed by atoms with Crippen LogP contribution >= 0.6 is 34.5 Å². The maximum Gasteiger partial charge on any atom is 0.181 e. The summed E-state index contributed by atoms with van der Waals surface area (Å²) in [6, 6.07) is 3.69. The number of aromatic nitrogens is 2. The third-order valence-electron chi connectivity index (χ3n) is 2.11. The third kappa shape index (κ3) is 2.48. The first-order chi connectivity index (χ1) is 7.70. The van der Waals surface area contributed by atoms with Gasteiger partial charge in [-0.3, -0.25) is 4.79 Å². The maximum absolute atomic E-state index is 12.0. The molecule has 0 atom stereocenters. The molecule has 0 unspecified atom stereocenters. The van der Waals surface area contributed by atoms with Gasteiger partial charge in [0.15, 0.2) is 5.78 Å². The monoisotopic (exact) mass is 272 g/mol. The van der Waals surface area contributed by atoms with E-state index in [2.05, 4.69) is 9.59 Å². The van der Waals surface area contributed by atoms with Crippen LogP contribution in [-0.2, 0) is 12.8 Å². The Balaban J connectivity index is 2.14. The van der Waals surface area contributed by atoms with Gasteiger partial charge >= 0.3 is 0 Å². The Kier molecular flexibility index (Phi) is 3.68. The van der Waals surface area contributed by atoms with Gasteiger partial charge in [-0.15, -0.1) is 16.4 Å². The number of thiophene rings is 1. The number of Topliss-reactive ketones (excluding diaryl/α,β-unsaturated/α-hetero) is 1. The SMILES string of the molecule is CCc1nnsc1C(=O)Cc1ccc(Cl)s1. The van der Waals surface area contributed by atoms with Gasteiger partial charge in [0.2, 0.25) is 0 Å². The second-order valence-electron chi connectivity index (χ2n) is 3.21. The van der Waals surface area contributed by atoms with Gasteiger partial charge in [0.25, 0.3) is 0 Å². The van der Waals surface area contributed by atoms with Crippen molar-refractivity contribution in [3.63, 3.8) is 0 Å². The molecule has 0 aromatic carbocycles. The molecule has 0 fully saturated rings. The number of carbonyl (C=O) groups is 1. The summed E-state index contributed by atoms with van der Waals surface area (Å²) in [5.41, 5.74) is 0.789. The van der Waals surface area contributed by atoms with E-state index in [1.165, 1.54) is 22.9 Å². The van der Waals surface area contributed by atoms with E-state index in [0.29, 0.717) is 15.6 Å². The van der Waals surface area contributed by atoms with Crippen LogP contribution in [0.1, 0.15) is 27.2 Å². The fourth-order valence-corrected chi connectivity index (χ4v) is 3.11. The lowest BCUT2D eigenvalue weighted by Gasteiger charge is -1.96. The number of hydrogen-bond acceptors (Lipinski definition) is 5. The van der Waals surface area contributed by atoms with Crippen molar-refractivity contribution in [2.24, 2.45) is 0 Å². The van der Waals surface area contributed by atoms with Crippen LogP contribution in [0.3, 0.4) is 0 Å². The van der Waals surface area contributed by atoms with Crippen molar-refractivity contribution >= 4 is 40.3 Å². The molecule has 0 amide bonds.